The average molecular weight is 303 g/mol. The minimum Gasteiger partial charge on any atom is -0.497 e. The molecule has 1 heterocycles. The Morgan fingerprint density at radius 3 is 2.43 bits per heavy atom. The van der Waals surface area contributed by atoms with E-state index in [1.807, 2.05) is 31.2 Å². The van der Waals surface area contributed by atoms with Crippen molar-refractivity contribution in [3.63, 3.8) is 0 Å². The third-order valence-corrected chi connectivity index (χ3v) is 4.19. The van der Waals surface area contributed by atoms with Gasteiger partial charge in [0.1, 0.15) is 27.4 Å². The number of nitrogens with zero attached hydrogens (tertiary/aromatic N) is 1. The Labute approximate surface area is 127 Å². The first kappa shape index (κ1) is 15.0. The van der Waals surface area contributed by atoms with E-state index in [-0.39, 0.29) is 6.04 Å². The zero-order chi connectivity index (χ0) is 15.4. The summed E-state index contributed by atoms with van der Waals surface area (Å²) in [7, 11) is 3.18. The van der Waals surface area contributed by atoms with Crippen LogP contribution >= 0.6 is 11.3 Å². The van der Waals surface area contributed by atoms with Crippen LogP contribution in [0.15, 0.2) is 24.3 Å². The Morgan fingerprint density at radius 1 is 1.24 bits per heavy atom. The quantitative estimate of drug-likeness (QED) is 0.885. The molecule has 1 unspecified atom stereocenters. The maximum absolute atomic E-state index is 9.04. The maximum Gasteiger partial charge on any atom is 0.177 e. The van der Waals surface area contributed by atoms with E-state index in [0.717, 1.165) is 16.3 Å². The highest BCUT2D eigenvalue weighted by atomic mass is 32.1. The van der Waals surface area contributed by atoms with E-state index >= 15 is 0 Å². The Bertz CT molecular complexity index is 659. The van der Waals surface area contributed by atoms with E-state index in [1.165, 1.54) is 11.3 Å². The Balaban J connectivity index is 2.22. The molecule has 0 bridgehead atoms. The topological polar surface area (TPSA) is 80.3 Å². The number of nitrogens with one attached hydrogen (secondary N) is 1. The summed E-state index contributed by atoms with van der Waals surface area (Å²) in [6.07, 6.45) is 0. The number of hydrogen-bond donors (Lipinski definition) is 2. The van der Waals surface area contributed by atoms with Crippen molar-refractivity contribution in [3.8, 4) is 17.6 Å². The number of nitrogens with two attached hydrogens (primary N) is 1. The van der Waals surface area contributed by atoms with Crippen LogP contribution in [-0.2, 0) is 0 Å². The van der Waals surface area contributed by atoms with E-state index in [0.29, 0.717) is 16.3 Å². The van der Waals surface area contributed by atoms with Crippen molar-refractivity contribution in [2.24, 2.45) is 0 Å². The first-order chi connectivity index (χ1) is 10.1. The van der Waals surface area contributed by atoms with Gasteiger partial charge in [0, 0.05) is 6.04 Å². The van der Waals surface area contributed by atoms with Crippen molar-refractivity contribution < 1.29 is 9.47 Å². The highest BCUT2D eigenvalue weighted by Gasteiger charge is 2.18. The summed E-state index contributed by atoms with van der Waals surface area (Å²) >= 11 is 1.29. The molecular formula is C15H17N3O2S. The molecule has 0 aliphatic carbocycles. The SMILES string of the molecule is COc1ccc(C(C)Nc2sc(C#N)c(N)c2OC)cc1. The van der Waals surface area contributed by atoms with Gasteiger partial charge in [0.25, 0.3) is 0 Å². The molecule has 0 aliphatic rings. The number of nitrogen functional groups attached to an aromatic ring is 1. The van der Waals surface area contributed by atoms with Crippen molar-refractivity contribution in [3.05, 3.63) is 34.7 Å². The van der Waals surface area contributed by atoms with Crippen LogP contribution in [-0.4, -0.2) is 14.2 Å². The highest BCUT2D eigenvalue weighted by molar-refractivity contribution is 7.17. The fraction of sp³-hybridized carbons (Fsp3) is 0.267. The van der Waals surface area contributed by atoms with Gasteiger partial charge in [-0.15, -0.1) is 11.3 Å². The molecule has 0 radical (unpaired) electrons. The molecule has 2 aromatic rings. The summed E-state index contributed by atoms with van der Waals surface area (Å²) in [5.41, 5.74) is 7.37. The summed E-state index contributed by atoms with van der Waals surface area (Å²) < 4.78 is 10.4. The molecule has 6 heteroatoms. The highest BCUT2D eigenvalue weighted by Crippen LogP contribution is 2.43. The molecule has 5 nitrogen and oxygen atoms in total. The summed E-state index contributed by atoms with van der Waals surface area (Å²) in [5.74, 6) is 1.34. The van der Waals surface area contributed by atoms with E-state index in [4.69, 9.17) is 20.5 Å². The maximum atomic E-state index is 9.04. The minimum absolute atomic E-state index is 0.0504. The summed E-state index contributed by atoms with van der Waals surface area (Å²) in [6.45, 7) is 2.03. The van der Waals surface area contributed by atoms with Crippen molar-refractivity contribution in [1.29, 1.82) is 5.26 Å². The lowest BCUT2D eigenvalue weighted by atomic mass is 10.1. The molecule has 1 atom stereocenters. The number of methoxy groups -OCH3 is 2. The molecule has 0 amide bonds. The van der Waals surface area contributed by atoms with E-state index in [1.54, 1.807) is 14.2 Å². The summed E-state index contributed by atoms with van der Waals surface area (Å²) in [4.78, 5) is 0.455. The zero-order valence-corrected chi connectivity index (χ0v) is 13.0. The Kier molecular flexibility index (Phi) is 4.55. The number of anilines is 2. The molecule has 110 valence electrons. The molecule has 0 fully saturated rings. The van der Waals surface area contributed by atoms with Crippen LogP contribution in [0.4, 0.5) is 10.7 Å². The molecule has 1 aromatic carbocycles. The van der Waals surface area contributed by atoms with Gasteiger partial charge in [0.15, 0.2) is 5.75 Å². The first-order valence-corrected chi connectivity index (χ1v) is 7.19. The largest absolute Gasteiger partial charge is 0.497 e. The van der Waals surface area contributed by atoms with Crippen LogP contribution in [0.2, 0.25) is 0 Å². The molecule has 2 rings (SSSR count). The molecule has 21 heavy (non-hydrogen) atoms. The van der Waals surface area contributed by atoms with Gasteiger partial charge in [-0.05, 0) is 24.6 Å². The predicted octanol–water partition coefficient (Wildman–Crippen LogP) is 3.39. The van der Waals surface area contributed by atoms with Crippen LogP contribution in [0.25, 0.3) is 0 Å². The van der Waals surface area contributed by atoms with Crippen molar-refractivity contribution >= 4 is 22.0 Å². The lowest BCUT2D eigenvalue weighted by Crippen LogP contribution is -2.06. The number of nitriles is 1. The Hall–Kier alpha value is -2.39. The van der Waals surface area contributed by atoms with Crippen molar-refractivity contribution in [2.45, 2.75) is 13.0 Å². The second kappa shape index (κ2) is 6.37. The third kappa shape index (κ3) is 3.03. The van der Waals surface area contributed by atoms with Crippen LogP contribution in [0, 0.1) is 11.3 Å². The lowest BCUT2D eigenvalue weighted by Gasteiger charge is -2.15. The van der Waals surface area contributed by atoms with Crippen LogP contribution in [0.1, 0.15) is 23.4 Å². The van der Waals surface area contributed by atoms with Gasteiger partial charge in [0.2, 0.25) is 0 Å². The lowest BCUT2D eigenvalue weighted by molar-refractivity contribution is 0.414. The third-order valence-electron chi connectivity index (χ3n) is 3.17. The summed E-state index contributed by atoms with van der Waals surface area (Å²) in [6, 6.07) is 9.93. The van der Waals surface area contributed by atoms with Crippen LogP contribution in [0.5, 0.6) is 11.5 Å². The van der Waals surface area contributed by atoms with Crippen molar-refractivity contribution in [2.75, 3.05) is 25.3 Å². The number of ether oxygens (including phenoxy) is 2. The van der Waals surface area contributed by atoms with Gasteiger partial charge >= 0.3 is 0 Å². The molecular weight excluding hydrogens is 286 g/mol. The van der Waals surface area contributed by atoms with Crippen LogP contribution in [0.3, 0.4) is 0 Å². The number of thiophene rings is 1. The monoisotopic (exact) mass is 303 g/mol. The molecule has 0 aliphatic heterocycles. The van der Waals surface area contributed by atoms with Gasteiger partial charge in [-0.3, -0.25) is 0 Å². The predicted molar refractivity (Wildman–Crippen MR) is 85.0 cm³/mol. The van der Waals surface area contributed by atoms with E-state index in [9.17, 15) is 0 Å². The van der Waals surface area contributed by atoms with Crippen molar-refractivity contribution in [1.82, 2.24) is 0 Å². The molecule has 0 spiro atoms. The molecule has 3 N–H and O–H groups in total. The molecule has 0 saturated heterocycles. The van der Waals surface area contributed by atoms with E-state index in [2.05, 4.69) is 11.4 Å². The Morgan fingerprint density at radius 2 is 1.90 bits per heavy atom. The number of benzene rings is 1. The normalized spacial score (nSPS) is 11.5. The second-order valence-corrected chi connectivity index (χ2v) is 5.48. The van der Waals surface area contributed by atoms with Gasteiger partial charge in [-0.2, -0.15) is 5.26 Å². The zero-order valence-electron chi connectivity index (χ0n) is 12.1. The molecule has 1 aromatic heterocycles. The summed E-state index contributed by atoms with van der Waals surface area (Å²) in [5, 5.41) is 13.1. The smallest absolute Gasteiger partial charge is 0.177 e. The fourth-order valence-corrected chi connectivity index (χ4v) is 2.96. The first-order valence-electron chi connectivity index (χ1n) is 6.37. The van der Waals surface area contributed by atoms with Gasteiger partial charge in [-0.1, -0.05) is 12.1 Å². The van der Waals surface area contributed by atoms with Gasteiger partial charge < -0.3 is 20.5 Å². The number of hydrogen-bond acceptors (Lipinski definition) is 6. The average Bonchev–Trinajstić information content (AvgIpc) is 2.82. The standard InChI is InChI=1S/C15H17N3O2S/c1-9(10-4-6-11(19-2)7-5-10)18-15-14(20-3)13(17)12(8-16)21-15/h4-7,9,18H,17H2,1-3H3. The fourth-order valence-electron chi connectivity index (χ4n) is 1.98. The second-order valence-electron chi connectivity index (χ2n) is 4.46. The van der Waals surface area contributed by atoms with Crippen LogP contribution < -0.4 is 20.5 Å². The minimum atomic E-state index is 0.0504. The number of rotatable bonds is 5. The van der Waals surface area contributed by atoms with Gasteiger partial charge in [0.05, 0.1) is 14.2 Å². The van der Waals surface area contributed by atoms with E-state index < -0.39 is 0 Å². The van der Waals surface area contributed by atoms with Gasteiger partial charge in [-0.25, -0.2) is 0 Å². The molecule has 0 saturated carbocycles.